The van der Waals surface area contributed by atoms with E-state index < -0.39 is 36.6 Å². The average molecular weight is 678 g/mol. The van der Waals surface area contributed by atoms with Gasteiger partial charge in [0.05, 0.1) is 31.0 Å². The summed E-state index contributed by atoms with van der Waals surface area (Å²) in [6.45, 7) is 6.01. The van der Waals surface area contributed by atoms with Crippen LogP contribution in [-0.2, 0) is 10.3 Å². The highest BCUT2D eigenvalue weighted by molar-refractivity contribution is 6.33. The number of hydrogen-bond acceptors (Lipinski definition) is 9. The SMILES string of the molecule is C=C(Cl)/C(=C\C(Cl)=C(/C)COC1(c2cnccc2-c2ccccc2OC2CC2)CC1)CCCCNC[C@H](O)[C@@H](O)[C@H](O)[C@H](O)CO. The molecule has 2 fully saturated rings. The van der Waals surface area contributed by atoms with Crippen LogP contribution in [0.1, 0.15) is 57.4 Å². The second-order valence-electron chi connectivity index (χ2n) is 12.2. The Bertz CT molecular complexity index is 1380. The van der Waals surface area contributed by atoms with Gasteiger partial charge in [-0.1, -0.05) is 48.0 Å². The van der Waals surface area contributed by atoms with E-state index in [1.54, 1.807) is 6.20 Å². The Morgan fingerprint density at radius 2 is 1.78 bits per heavy atom. The summed E-state index contributed by atoms with van der Waals surface area (Å²) < 4.78 is 12.8. The van der Waals surface area contributed by atoms with Gasteiger partial charge in [-0.2, -0.15) is 0 Å². The van der Waals surface area contributed by atoms with Gasteiger partial charge in [0.1, 0.15) is 24.1 Å². The third kappa shape index (κ3) is 10.1. The van der Waals surface area contributed by atoms with Crippen LogP contribution in [0.15, 0.2) is 76.6 Å². The summed E-state index contributed by atoms with van der Waals surface area (Å²) in [7, 11) is 0. The van der Waals surface area contributed by atoms with Crippen molar-refractivity contribution in [1.29, 1.82) is 0 Å². The van der Waals surface area contributed by atoms with Gasteiger partial charge in [0.2, 0.25) is 0 Å². The van der Waals surface area contributed by atoms with Crippen molar-refractivity contribution in [2.45, 2.75) is 88.0 Å². The number of ether oxygens (including phenoxy) is 2. The second-order valence-corrected chi connectivity index (χ2v) is 13.0. The Morgan fingerprint density at radius 3 is 2.46 bits per heavy atom. The predicted octanol–water partition coefficient (Wildman–Crippen LogP) is 4.68. The standard InChI is InChI=1S/C35H46Cl2N2O7/c1-22(29(37)17-24(23(2)36)7-5-6-15-38-19-30(41)33(43)34(44)31(42)20-40)21-45-35(13-14-35)28-18-39-16-12-26(28)27-8-3-4-9-32(27)46-25-10-11-25/h3-4,8-9,12,16-18,25,30-31,33-34,38,40-44H,2,5-7,10-11,13-15,19-21H2,1H3/b24-17-,29-22-/t30-,31+,33+,34+/m0/s1. The van der Waals surface area contributed by atoms with Crippen molar-refractivity contribution >= 4 is 23.2 Å². The molecule has 252 valence electrons. The third-order valence-corrected chi connectivity index (χ3v) is 9.04. The van der Waals surface area contributed by atoms with Gasteiger partial charge in [0, 0.05) is 40.1 Å². The van der Waals surface area contributed by atoms with Gasteiger partial charge in [-0.15, -0.1) is 0 Å². The summed E-state index contributed by atoms with van der Waals surface area (Å²) >= 11 is 13.0. The molecule has 4 rings (SSSR count). The molecule has 2 aliphatic carbocycles. The molecule has 0 radical (unpaired) electrons. The largest absolute Gasteiger partial charge is 0.490 e. The van der Waals surface area contributed by atoms with E-state index in [9.17, 15) is 20.4 Å². The zero-order valence-corrected chi connectivity index (χ0v) is 27.8. The number of hydrogen-bond donors (Lipinski definition) is 6. The highest BCUT2D eigenvalue weighted by Crippen LogP contribution is 2.53. The summed E-state index contributed by atoms with van der Waals surface area (Å²) in [6.07, 6.45) is 5.83. The summed E-state index contributed by atoms with van der Waals surface area (Å²) in [6, 6.07) is 10.2. The summed E-state index contributed by atoms with van der Waals surface area (Å²) in [5.74, 6) is 0.883. The van der Waals surface area contributed by atoms with Crippen molar-refractivity contribution < 1.29 is 35.0 Å². The van der Waals surface area contributed by atoms with Crippen molar-refractivity contribution in [3.8, 4) is 16.9 Å². The zero-order chi connectivity index (χ0) is 33.3. The number of rotatable bonds is 20. The van der Waals surface area contributed by atoms with E-state index in [2.05, 4.69) is 22.9 Å². The van der Waals surface area contributed by atoms with Crippen LogP contribution in [0.5, 0.6) is 5.75 Å². The van der Waals surface area contributed by atoms with Crippen LogP contribution in [0.25, 0.3) is 11.1 Å². The zero-order valence-electron chi connectivity index (χ0n) is 26.2. The van der Waals surface area contributed by atoms with Crippen LogP contribution in [0.2, 0.25) is 0 Å². The molecule has 46 heavy (non-hydrogen) atoms. The molecule has 0 unspecified atom stereocenters. The van der Waals surface area contributed by atoms with Crippen LogP contribution in [0, 0.1) is 0 Å². The average Bonchev–Trinajstić information content (AvgIpc) is 4.01. The Hall–Kier alpha value is -2.31. The van der Waals surface area contributed by atoms with Gasteiger partial charge in [-0.05, 0) is 93.3 Å². The molecule has 0 bridgehead atoms. The van der Waals surface area contributed by atoms with Crippen molar-refractivity contribution in [3.05, 3.63) is 82.2 Å². The van der Waals surface area contributed by atoms with Gasteiger partial charge in [-0.25, -0.2) is 0 Å². The van der Waals surface area contributed by atoms with Crippen LogP contribution < -0.4 is 10.1 Å². The molecule has 0 spiro atoms. The third-order valence-electron chi connectivity index (χ3n) is 8.36. The van der Waals surface area contributed by atoms with Crippen molar-refractivity contribution in [2.75, 3.05) is 26.3 Å². The molecule has 1 aromatic heterocycles. The van der Waals surface area contributed by atoms with E-state index in [4.69, 9.17) is 37.8 Å². The van der Waals surface area contributed by atoms with E-state index in [1.807, 2.05) is 43.5 Å². The Morgan fingerprint density at radius 1 is 1.07 bits per heavy atom. The molecule has 1 heterocycles. The van der Waals surface area contributed by atoms with E-state index in [1.165, 1.54) is 0 Å². The number of aromatic nitrogens is 1. The number of unbranched alkanes of at least 4 members (excludes halogenated alkanes) is 1. The first-order valence-corrected chi connectivity index (χ1v) is 16.6. The van der Waals surface area contributed by atoms with Crippen molar-refractivity contribution in [3.63, 3.8) is 0 Å². The fourth-order valence-electron chi connectivity index (χ4n) is 5.13. The summed E-state index contributed by atoms with van der Waals surface area (Å²) in [4.78, 5) is 4.43. The number of para-hydroxylation sites is 1. The first-order valence-electron chi connectivity index (χ1n) is 15.8. The van der Waals surface area contributed by atoms with E-state index in [-0.39, 0.29) is 6.54 Å². The minimum absolute atomic E-state index is 0.0117. The molecule has 2 saturated carbocycles. The number of halogens is 2. The molecular formula is C35H46Cl2N2O7. The van der Waals surface area contributed by atoms with Gasteiger partial charge >= 0.3 is 0 Å². The number of benzene rings is 1. The number of pyridine rings is 1. The Kier molecular flexibility index (Phi) is 13.7. The van der Waals surface area contributed by atoms with Gasteiger partial charge in [-0.3, -0.25) is 4.98 Å². The van der Waals surface area contributed by atoms with Gasteiger partial charge in [0.25, 0.3) is 0 Å². The molecule has 0 amide bonds. The van der Waals surface area contributed by atoms with Crippen LogP contribution in [0.4, 0.5) is 0 Å². The fourth-order valence-corrected chi connectivity index (χ4v) is 5.47. The van der Waals surface area contributed by atoms with Crippen LogP contribution in [0.3, 0.4) is 0 Å². The number of aliphatic hydroxyl groups excluding tert-OH is 5. The molecule has 4 atom stereocenters. The van der Waals surface area contributed by atoms with Gasteiger partial charge < -0.3 is 40.3 Å². The highest BCUT2D eigenvalue weighted by atomic mass is 35.5. The lowest BCUT2D eigenvalue weighted by molar-refractivity contribution is -0.113. The van der Waals surface area contributed by atoms with E-state index in [0.29, 0.717) is 35.7 Å². The minimum Gasteiger partial charge on any atom is -0.490 e. The van der Waals surface area contributed by atoms with Crippen molar-refractivity contribution in [2.24, 2.45) is 0 Å². The summed E-state index contributed by atoms with van der Waals surface area (Å²) in [5, 5.41) is 52.0. The number of aliphatic hydroxyl groups is 5. The molecule has 2 aliphatic rings. The summed E-state index contributed by atoms with van der Waals surface area (Å²) in [5.41, 5.74) is 4.39. The maximum Gasteiger partial charge on any atom is 0.127 e. The predicted molar refractivity (Wildman–Crippen MR) is 180 cm³/mol. The van der Waals surface area contributed by atoms with Crippen LogP contribution >= 0.6 is 23.2 Å². The number of nitrogens with zero attached hydrogens (tertiary/aromatic N) is 1. The topological polar surface area (TPSA) is 145 Å². The van der Waals surface area contributed by atoms with E-state index in [0.717, 1.165) is 72.1 Å². The van der Waals surface area contributed by atoms with Gasteiger partial charge in [0.15, 0.2) is 0 Å². The molecule has 0 saturated heterocycles. The lowest BCUT2D eigenvalue weighted by atomic mass is 9.96. The lowest BCUT2D eigenvalue weighted by Gasteiger charge is -2.25. The number of allylic oxidation sites excluding steroid dienone is 4. The fraction of sp³-hybridized carbons (Fsp3) is 0.514. The number of nitrogens with one attached hydrogen (secondary N) is 1. The molecule has 11 heteroatoms. The molecule has 1 aromatic carbocycles. The van der Waals surface area contributed by atoms with Crippen molar-refractivity contribution in [1.82, 2.24) is 10.3 Å². The lowest BCUT2D eigenvalue weighted by Crippen LogP contribution is -2.49. The first kappa shape index (κ1) is 36.5. The first-order chi connectivity index (χ1) is 22.1. The monoisotopic (exact) mass is 676 g/mol. The maximum absolute atomic E-state index is 10.0. The Labute approximate surface area is 281 Å². The smallest absolute Gasteiger partial charge is 0.127 e. The molecule has 0 aliphatic heterocycles. The molecule has 9 nitrogen and oxygen atoms in total. The minimum atomic E-state index is -1.65. The normalized spacial score (nSPS) is 19.2. The quantitative estimate of drug-likeness (QED) is 0.0870. The maximum atomic E-state index is 10.0. The second kappa shape index (κ2) is 17.2. The van der Waals surface area contributed by atoms with Crippen LogP contribution in [-0.4, -0.2) is 87.3 Å². The highest BCUT2D eigenvalue weighted by Gasteiger charge is 2.47. The Balaban J connectivity index is 1.31. The van der Waals surface area contributed by atoms with E-state index >= 15 is 0 Å². The molecule has 2 aromatic rings. The molecular weight excluding hydrogens is 631 g/mol. The molecule has 6 N–H and O–H groups in total.